The molecule has 1 aliphatic heterocycles. The van der Waals surface area contributed by atoms with E-state index in [9.17, 15) is 0 Å². The standard InChI is InChI=1S/C14H30N2/c1-12(2)14-6-5-8-16(9-7-14)11-13(3)10-15-4/h12-15H,5-11H2,1-4H3. The zero-order valence-electron chi connectivity index (χ0n) is 11.6. The van der Waals surface area contributed by atoms with Gasteiger partial charge in [-0.2, -0.15) is 0 Å². The van der Waals surface area contributed by atoms with Crippen LogP contribution in [0.1, 0.15) is 40.0 Å². The molecule has 1 aliphatic rings. The molecular weight excluding hydrogens is 196 g/mol. The van der Waals surface area contributed by atoms with Crippen LogP contribution in [0.15, 0.2) is 0 Å². The Labute approximate surface area is 102 Å². The van der Waals surface area contributed by atoms with E-state index in [2.05, 4.69) is 31.0 Å². The highest BCUT2D eigenvalue weighted by atomic mass is 15.1. The van der Waals surface area contributed by atoms with E-state index in [1.54, 1.807) is 0 Å². The van der Waals surface area contributed by atoms with Gasteiger partial charge in [-0.05, 0) is 63.7 Å². The summed E-state index contributed by atoms with van der Waals surface area (Å²) >= 11 is 0. The monoisotopic (exact) mass is 226 g/mol. The van der Waals surface area contributed by atoms with Gasteiger partial charge in [0.1, 0.15) is 0 Å². The first-order chi connectivity index (χ1) is 7.63. The van der Waals surface area contributed by atoms with Crippen LogP contribution in [0.3, 0.4) is 0 Å². The molecule has 1 rings (SSSR count). The summed E-state index contributed by atoms with van der Waals surface area (Å²) in [5.74, 6) is 2.61. The van der Waals surface area contributed by atoms with Gasteiger partial charge < -0.3 is 10.2 Å². The van der Waals surface area contributed by atoms with Gasteiger partial charge in [-0.1, -0.05) is 20.8 Å². The van der Waals surface area contributed by atoms with E-state index in [4.69, 9.17) is 0 Å². The van der Waals surface area contributed by atoms with Gasteiger partial charge in [0.2, 0.25) is 0 Å². The van der Waals surface area contributed by atoms with Crippen molar-refractivity contribution in [2.75, 3.05) is 33.2 Å². The minimum absolute atomic E-state index is 0.778. The average molecular weight is 226 g/mol. The molecule has 2 atom stereocenters. The Bertz CT molecular complexity index is 180. The molecule has 1 fully saturated rings. The van der Waals surface area contributed by atoms with Crippen molar-refractivity contribution in [3.63, 3.8) is 0 Å². The zero-order valence-corrected chi connectivity index (χ0v) is 11.6. The molecule has 0 aromatic heterocycles. The van der Waals surface area contributed by atoms with Crippen molar-refractivity contribution in [1.29, 1.82) is 0 Å². The van der Waals surface area contributed by atoms with Gasteiger partial charge in [0.25, 0.3) is 0 Å². The van der Waals surface area contributed by atoms with Crippen LogP contribution in [-0.2, 0) is 0 Å². The predicted octanol–water partition coefficient (Wildman–Crippen LogP) is 2.60. The summed E-state index contributed by atoms with van der Waals surface area (Å²) in [4.78, 5) is 2.67. The first-order valence-corrected chi connectivity index (χ1v) is 7.00. The molecule has 16 heavy (non-hydrogen) atoms. The third kappa shape index (κ3) is 4.84. The fourth-order valence-corrected chi connectivity index (χ4v) is 2.88. The Balaban J connectivity index is 2.29. The Hall–Kier alpha value is -0.0800. The summed E-state index contributed by atoms with van der Waals surface area (Å²) < 4.78 is 0. The molecule has 0 aliphatic carbocycles. The van der Waals surface area contributed by atoms with Gasteiger partial charge >= 0.3 is 0 Å². The average Bonchev–Trinajstić information content (AvgIpc) is 2.43. The molecule has 0 aromatic carbocycles. The van der Waals surface area contributed by atoms with E-state index in [0.717, 1.165) is 24.3 Å². The fraction of sp³-hybridized carbons (Fsp3) is 1.00. The van der Waals surface area contributed by atoms with Crippen molar-refractivity contribution in [3.8, 4) is 0 Å². The van der Waals surface area contributed by atoms with E-state index in [1.807, 2.05) is 7.05 Å². The highest BCUT2D eigenvalue weighted by Crippen LogP contribution is 2.24. The second kappa shape index (κ2) is 7.29. The van der Waals surface area contributed by atoms with Crippen LogP contribution in [0.5, 0.6) is 0 Å². The number of hydrogen-bond acceptors (Lipinski definition) is 2. The van der Waals surface area contributed by atoms with Gasteiger partial charge in [-0.15, -0.1) is 0 Å². The highest BCUT2D eigenvalue weighted by Gasteiger charge is 2.20. The van der Waals surface area contributed by atoms with Gasteiger partial charge in [0.15, 0.2) is 0 Å². The Morgan fingerprint density at radius 1 is 1.19 bits per heavy atom. The summed E-state index contributed by atoms with van der Waals surface area (Å²) in [6, 6.07) is 0. The maximum absolute atomic E-state index is 3.27. The van der Waals surface area contributed by atoms with Gasteiger partial charge in [0.05, 0.1) is 0 Å². The smallest absolute Gasteiger partial charge is 0.00191 e. The lowest BCUT2D eigenvalue weighted by molar-refractivity contribution is 0.237. The predicted molar refractivity (Wildman–Crippen MR) is 71.7 cm³/mol. The number of likely N-dealkylation sites (tertiary alicyclic amines) is 1. The topological polar surface area (TPSA) is 15.3 Å². The van der Waals surface area contributed by atoms with E-state index >= 15 is 0 Å². The Morgan fingerprint density at radius 2 is 1.94 bits per heavy atom. The second-order valence-electron chi connectivity index (χ2n) is 5.90. The maximum atomic E-state index is 3.27. The first-order valence-electron chi connectivity index (χ1n) is 7.00. The molecule has 2 heteroatoms. The molecule has 0 aromatic rings. The summed E-state index contributed by atoms with van der Waals surface area (Å²) in [5, 5.41) is 3.27. The van der Waals surface area contributed by atoms with Crippen LogP contribution >= 0.6 is 0 Å². The molecule has 1 N–H and O–H groups in total. The summed E-state index contributed by atoms with van der Waals surface area (Å²) in [5.41, 5.74) is 0. The Morgan fingerprint density at radius 3 is 2.56 bits per heavy atom. The SMILES string of the molecule is CNCC(C)CN1CCCC(C(C)C)CC1. The molecule has 1 heterocycles. The van der Waals surface area contributed by atoms with Crippen LogP contribution in [0.25, 0.3) is 0 Å². The van der Waals surface area contributed by atoms with E-state index in [1.165, 1.54) is 38.9 Å². The number of nitrogens with zero attached hydrogens (tertiary/aromatic N) is 1. The molecule has 0 bridgehead atoms. The molecule has 2 nitrogen and oxygen atoms in total. The molecule has 0 amide bonds. The molecule has 0 radical (unpaired) electrons. The third-order valence-corrected chi connectivity index (χ3v) is 3.93. The lowest BCUT2D eigenvalue weighted by Crippen LogP contribution is -2.33. The van der Waals surface area contributed by atoms with Crippen LogP contribution < -0.4 is 5.32 Å². The van der Waals surface area contributed by atoms with E-state index < -0.39 is 0 Å². The van der Waals surface area contributed by atoms with Crippen LogP contribution in [0.2, 0.25) is 0 Å². The van der Waals surface area contributed by atoms with Gasteiger partial charge in [-0.25, -0.2) is 0 Å². The van der Waals surface area contributed by atoms with Crippen molar-refractivity contribution in [1.82, 2.24) is 10.2 Å². The number of rotatable bonds is 5. The largest absolute Gasteiger partial charge is 0.319 e. The lowest BCUT2D eigenvalue weighted by atomic mass is 9.89. The maximum Gasteiger partial charge on any atom is 0.00191 e. The van der Waals surface area contributed by atoms with Crippen LogP contribution in [-0.4, -0.2) is 38.1 Å². The van der Waals surface area contributed by atoms with Crippen molar-refractivity contribution in [3.05, 3.63) is 0 Å². The normalized spacial score (nSPS) is 25.7. The van der Waals surface area contributed by atoms with Crippen LogP contribution in [0, 0.1) is 17.8 Å². The van der Waals surface area contributed by atoms with Gasteiger partial charge in [-0.3, -0.25) is 0 Å². The van der Waals surface area contributed by atoms with Crippen molar-refractivity contribution >= 4 is 0 Å². The van der Waals surface area contributed by atoms with E-state index in [0.29, 0.717) is 0 Å². The van der Waals surface area contributed by atoms with Gasteiger partial charge in [0, 0.05) is 6.54 Å². The van der Waals surface area contributed by atoms with Crippen molar-refractivity contribution in [2.45, 2.75) is 40.0 Å². The summed E-state index contributed by atoms with van der Waals surface area (Å²) in [6.45, 7) is 12.2. The van der Waals surface area contributed by atoms with Crippen LogP contribution in [0.4, 0.5) is 0 Å². The fourth-order valence-electron chi connectivity index (χ4n) is 2.88. The third-order valence-electron chi connectivity index (χ3n) is 3.93. The lowest BCUT2D eigenvalue weighted by Gasteiger charge is -2.24. The molecule has 1 saturated heterocycles. The van der Waals surface area contributed by atoms with Crippen molar-refractivity contribution in [2.24, 2.45) is 17.8 Å². The zero-order chi connectivity index (χ0) is 12.0. The molecule has 96 valence electrons. The number of nitrogens with one attached hydrogen (secondary N) is 1. The molecule has 0 saturated carbocycles. The minimum Gasteiger partial charge on any atom is -0.319 e. The Kier molecular flexibility index (Phi) is 6.37. The van der Waals surface area contributed by atoms with E-state index in [-0.39, 0.29) is 0 Å². The summed E-state index contributed by atoms with van der Waals surface area (Å²) in [6.07, 6.45) is 4.24. The minimum atomic E-state index is 0.778. The molecular formula is C14H30N2. The summed E-state index contributed by atoms with van der Waals surface area (Å²) in [7, 11) is 2.05. The van der Waals surface area contributed by atoms with Crippen molar-refractivity contribution < 1.29 is 0 Å². The number of hydrogen-bond donors (Lipinski definition) is 1. The highest BCUT2D eigenvalue weighted by molar-refractivity contribution is 4.73. The second-order valence-corrected chi connectivity index (χ2v) is 5.90. The quantitative estimate of drug-likeness (QED) is 0.775. The molecule has 0 spiro atoms. The first kappa shape index (κ1) is 14.0. The molecule has 2 unspecified atom stereocenters.